The summed E-state index contributed by atoms with van der Waals surface area (Å²) in [5, 5.41) is 6.50. The van der Waals surface area contributed by atoms with E-state index >= 15 is 0 Å². The molecule has 2 aliphatic rings. The summed E-state index contributed by atoms with van der Waals surface area (Å²) in [6, 6.07) is 6.08. The van der Waals surface area contributed by atoms with E-state index in [2.05, 4.69) is 30.5 Å². The Kier molecular flexibility index (Phi) is 4.40. The molecule has 3 rings (SSSR count). The third kappa shape index (κ3) is 2.70. The van der Waals surface area contributed by atoms with Gasteiger partial charge in [0.15, 0.2) is 0 Å². The molecular weight excluding hydrogens is 272 g/mol. The molecule has 0 radical (unpaired) electrons. The number of hydrogen-bond donors (Lipinski definition) is 2. The van der Waals surface area contributed by atoms with E-state index in [0.717, 1.165) is 38.0 Å². The van der Waals surface area contributed by atoms with Crippen molar-refractivity contribution >= 4 is 24.0 Å². The minimum atomic E-state index is 0. The van der Waals surface area contributed by atoms with E-state index in [1.165, 1.54) is 11.1 Å². The monoisotopic (exact) mass is 294 g/mol. The van der Waals surface area contributed by atoms with Gasteiger partial charge in [0.25, 0.3) is 0 Å². The molecule has 1 saturated carbocycles. The maximum absolute atomic E-state index is 12.4. The van der Waals surface area contributed by atoms with Crippen LogP contribution in [0, 0.1) is 25.2 Å². The van der Waals surface area contributed by atoms with E-state index in [0.29, 0.717) is 5.41 Å². The van der Waals surface area contributed by atoms with Crippen molar-refractivity contribution in [2.24, 2.45) is 11.3 Å². The van der Waals surface area contributed by atoms with E-state index in [4.69, 9.17) is 0 Å². The molecule has 2 fully saturated rings. The number of rotatable bonds is 2. The Balaban J connectivity index is 0.00000147. The van der Waals surface area contributed by atoms with Gasteiger partial charge in [0.2, 0.25) is 5.91 Å². The van der Waals surface area contributed by atoms with Gasteiger partial charge in [-0.1, -0.05) is 12.1 Å². The average molecular weight is 295 g/mol. The van der Waals surface area contributed by atoms with E-state index < -0.39 is 0 Å². The lowest BCUT2D eigenvalue weighted by Gasteiger charge is -2.23. The number of piperidine rings is 1. The number of benzene rings is 1. The van der Waals surface area contributed by atoms with Crippen molar-refractivity contribution in [3.05, 3.63) is 29.3 Å². The molecule has 1 aromatic carbocycles. The number of hydrogen-bond acceptors (Lipinski definition) is 2. The molecule has 1 atom stereocenters. The van der Waals surface area contributed by atoms with Crippen LogP contribution in [0.15, 0.2) is 18.2 Å². The van der Waals surface area contributed by atoms with E-state index in [1.807, 2.05) is 12.1 Å². The third-order valence-electron chi connectivity index (χ3n) is 4.97. The first-order valence-electron chi connectivity index (χ1n) is 7.20. The summed E-state index contributed by atoms with van der Waals surface area (Å²) in [6.07, 6.45) is 3.38. The van der Waals surface area contributed by atoms with Crippen molar-refractivity contribution in [2.75, 3.05) is 18.4 Å². The van der Waals surface area contributed by atoms with Crippen molar-refractivity contribution in [1.29, 1.82) is 0 Å². The molecule has 0 aromatic heterocycles. The van der Waals surface area contributed by atoms with Gasteiger partial charge in [0, 0.05) is 11.6 Å². The SMILES string of the molecule is Cc1cccc(NC(=O)C2CC23CCNCC3)c1C.Cl. The first-order valence-corrected chi connectivity index (χ1v) is 7.20. The summed E-state index contributed by atoms with van der Waals surface area (Å²) >= 11 is 0. The summed E-state index contributed by atoms with van der Waals surface area (Å²) in [6.45, 7) is 6.27. The lowest BCUT2D eigenvalue weighted by Crippen LogP contribution is -2.31. The molecule has 1 aromatic rings. The number of amides is 1. The van der Waals surface area contributed by atoms with Crippen LogP contribution in [-0.4, -0.2) is 19.0 Å². The molecule has 3 nitrogen and oxygen atoms in total. The van der Waals surface area contributed by atoms with Crippen molar-refractivity contribution in [3.8, 4) is 0 Å². The topological polar surface area (TPSA) is 41.1 Å². The maximum atomic E-state index is 12.4. The highest BCUT2D eigenvalue weighted by atomic mass is 35.5. The molecular formula is C16H23ClN2O. The summed E-state index contributed by atoms with van der Waals surface area (Å²) in [7, 11) is 0. The molecule has 2 N–H and O–H groups in total. The number of aryl methyl sites for hydroxylation is 1. The highest BCUT2D eigenvalue weighted by Gasteiger charge is 2.57. The highest BCUT2D eigenvalue weighted by molar-refractivity contribution is 5.95. The van der Waals surface area contributed by atoms with E-state index in [9.17, 15) is 4.79 Å². The minimum absolute atomic E-state index is 0. The molecule has 1 spiro atoms. The van der Waals surface area contributed by atoms with E-state index in [-0.39, 0.29) is 24.2 Å². The van der Waals surface area contributed by atoms with Crippen LogP contribution in [-0.2, 0) is 4.79 Å². The van der Waals surface area contributed by atoms with E-state index in [1.54, 1.807) is 0 Å². The summed E-state index contributed by atoms with van der Waals surface area (Å²) in [4.78, 5) is 12.4. The van der Waals surface area contributed by atoms with Gasteiger partial charge in [-0.25, -0.2) is 0 Å². The molecule has 1 aliphatic heterocycles. The largest absolute Gasteiger partial charge is 0.326 e. The normalized spacial score (nSPS) is 23.0. The molecule has 1 unspecified atom stereocenters. The second-order valence-corrected chi connectivity index (χ2v) is 6.11. The molecule has 0 bridgehead atoms. The molecule has 1 aliphatic carbocycles. The van der Waals surface area contributed by atoms with Crippen LogP contribution < -0.4 is 10.6 Å². The summed E-state index contributed by atoms with van der Waals surface area (Å²) in [5.74, 6) is 0.449. The summed E-state index contributed by atoms with van der Waals surface area (Å²) in [5.41, 5.74) is 3.69. The van der Waals surface area contributed by atoms with Gasteiger partial charge in [-0.05, 0) is 68.8 Å². The zero-order chi connectivity index (χ0) is 13.5. The number of carbonyl (C=O) groups excluding carboxylic acids is 1. The van der Waals surface area contributed by atoms with Gasteiger partial charge in [0.05, 0.1) is 0 Å². The Hall–Kier alpha value is -1.06. The fourth-order valence-corrected chi connectivity index (χ4v) is 3.30. The third-order valence-corrected chi connectivity index (χ3v) is 4.97. The Morgan fingerprint density at radius 3 is 2.70 bits per heavy atom. The van der Waals surface area contributed by atoms with Crippen molar-refractivity contribution in [2.45, 2.75) is 33.1 Å². The molecule has 4 heteroatoms. The minimum Gasteiger partial charge on any atom is -0.326 e. The number of nitrogens with one attached hydrogen (secondary N) is 2. The molecule has 1 saturated heterocycles. The molecule has 110 valence electrons. The Morgan fingerprint density at radius 2 is 2.00 bits per heavy atom. The number of halogens is 1. The fraction of sp³-hybridized carbons (Fsp3) is 0.562. The van der Waals surface area contributed by atoms with Crippen LogP contribution in [0.2, 0.25) is 0 Å². The molecule has 1 heterocycles. The predicted molar refractivity (Wildman–Crippen MR) is 84.4 cm³/mol. The lowest BCUT2D eigenvalue weighted by atomic mass is 9.91. The quantitative estimate of drug-likeness (QED) is 0.880. The number of carbonyl (C=O) groups is 1. The van der Waals surface area contributed by atoms with Gasteiger partial charge in [-0.2, -0.15) is 0 Å². The highest BCUT2D eigenvalue weighted by Crippen LogP contribution is 2.58. The second-order valence-electron chi connectivity index (χ2n) is 6.11. The molecule has 20 heavy (non-hydrogen) atoms. The van der Waals surface area contributed by atoms with Crippen LogP contribution >= 0.6 is 12.4 Å². The van der Waals surface area contributed by atoms with Crippen LogP contribution in [0.5, 0.6) is 0 Å². The van der Waals surface area contributed by atoms with Crippen molar-refractivity contribution < 1.29 is 4.79 Å². The van der Waals surface area contributed by atoms with Crippen LogP contribution in [0.1, 0.15) is 30.4 Å². The maximum Gasteiger partial charge on any atom is 0.228 e. The Morgan fingerprint density at radius 1 is 1.30 bits per heavy atom. The lowest BCUT2D eigenvalue weighted by molar-refractivity contribution is -0.118. The zero-order valence-corrected chi connectivity index (χ0v) is 13.0. The Bertz CT molecular complexity index is 509. The summed E-state index contributed by atoms with van der Waals surface area (Å²) < 4.78 is 0. The van der Waals surface area contributed by atoms with Gasteiger partial charge in [-0.3, -0.25) is 4.79 Å². The first-order chi connectivity index (χ1) is 9.12. The van der Waals surface area contributed by atoms with Crippen LogP contribution in [0.4, 0.5) is 5.69 Å². The smallest absolute Gasteiger partial charge is 0.228 e. The van der Waals surface area contributed by atoms with Crippen molar-refractivity contribution in [3.63, 3.8) is 0 Å². The van der Waals surface area contributed by atoms with Crippen LogP contribution in [0.3, 0.4) is 0 Å². The van der Waals surface area contributed by atoms with Gasteiger partial charge < -0.3 is 10.6 Å². The first kappa shape index (κ1) is 15.3. The molecule has 1 amide bonds. The van der Waals surface area contributed by atoms with Gasteiger partial charge >= 0.3 is 0 Å². The standard InChI is InChI=1S/C16H22N2O.ClH/c1-11-4-3-5-14(12(11)2)18-15(19)13-10-16(13)6-8-17-9-7-16;/h3-5,13,17H,6-10H2,1-2H3,(H,18,19);1H. The Labute approximate surface area is 126 Å². The van der Waals surface area contributed by atoms with Crippen molar-refractivity contribution in [1.82, 2.24) is 5.32 Å². The van der Waals surface area contributed by atoms with Gasteiger partial charge in [-0.15, -0.1) is 12.4 Å². The van der Waals surface area contributed by atoms with Gasteiger partial charge in [0.1, 0.15) is 0 Å². The fourth-order valence-electron chi connectivity index (χ4n) is 3.30. The number of anilines is 1. The van der Waals surface area contributed by atoms with Crippen LogP contribution in [0.25, 0.3) is 0 Å². The zero-order valence-electron chi connectivity index (χ0n) is 12.2. The predicted octanol–water partition coefficient (Wildman–Crippen LogP) is 3.05. The average Bonchev–Trinajstić information content (AvgIpc) is 3.09. The second kappa shape index (κ2) is 5.74.